The summed E-state index contributed by atoms with van der Waals surface area (Å²) >= 11 is 0. The summed E-state index contributed by atoms with van der Waals surface area (Å²) in [6.07, 6.45) is 0. The van der Waals surface area contributed by atoms with E-state index in [0.717, 1.165) is 29.0 Å². The van der Waals surface area contributed by atoms with Crippen molar-refractivity contribution in [3.8, 4) is 0 Å². The highest BCUT2D eigenvalue weighted by atomic mass is 19.1. The fraction of sp³-hybridized carbons (Fsp3) is 0. The maximum atomic E-state index is 13.2. The van der Waals surface area contributed by atoms with Crippen LogP contribution in [0.25, 0.3) is 10.8 Å². The molecule has 0 radical (unpaired) electrons. The molecule has 0 saturated heterocycles. The number of hydrogen-bond acceptors (Lipinski definition) is 1. The Hall–Kier alpha value is -2.55. The van der Waals surface area contributed by atoms with Gasteiger partial charge in [0.2, 0.25) is 0 Å². The van der Waals surface area contributed by atoms with Crippen LogP contribution >= 0.6 is 0 Å². The zero-order valence-corrected chi connectivity index (χ0v) is 10.4. The highest BCUT2D eigenvalue weighted by Gasteiger charge is 2.12. The second-order valence-electron chi connectivity index (χ2n) is 4.55. The predicted molar refractivity (Wildman–Crippen MR) is 73.7 cm³/mol. The number of rotatable bonds is 2. The molecule has 0 spiro atoms. The van der Waals surface area contributed by atoms with Crippen molar-refractivity contribution < 1.29 is 13.6 Å². The van der Waals surface area contributed by atoms with Crippen LogP contribution < -0.4 is 0 Å². The topological polar surface area (TPSA) is 17.1 Å². The molecule has 0 fully saturated rings. The van der Waals surface area contributed by atoms with Gasteiger partial charge in [-0.25, -0.2) is 8.78 Å². The SMILES string of the molecule is O=C(c1cc(F)cc(F)c1)c1ccc2ccccc2c1. The minimum atomic E-state index is -0.755. The van der Waals surface area contributed by atoms with E-state index in [4.69, 9.17) is 0 Å². The Morgan fingerprint density at radius 2 is 1.35 bits per heavy atom. The van der Waals surface area contributed by atoms with Crippen molar-refractivity contribution in [2.24, 2.45) is 0 Å². The molecule has 0 saturated carbocycles. The van der Waals surface area contributed by atoms with E-state index >= 15 is 0 Å². The van der Waals surface area contributed by atoms with Crippen LogP contribution in [0.3, 0.4) is 0 Å². The van der Waals surface area contributed by atoms with Crippen LogP contribution in [0.2, 0.25) is 0 Å². The van der Waals surface area contributed by atoms with Crippen molar-refractivity contribution in [1.82, 2.24) is 0 Å². The fourth-order valence-electron chi connectivity index (χ4n) is 2.18. The first-order valence-electron chi connectivity index (χ1n) is 6.13. The molecule has 0 aliphatic carbocycles. The lowest BCUT2D eigenvalue weighted by molar-refractivity contribution is 0.103. The van der Waals surface area contributed by atoms with E-state index in [2.05, 4.69) is 0 Å². The third-order valence-electron chi connectivity index (χ3n) is 3.14. The van der Waals surface area contributed by atoms with E-state index in [1.54, 1.807) is 12.1 Å². The number of fused-ring (bicyclic) bond motifs is 1. The quantitative estimate of drug-likeness (QED) is 0.631. The van der Waals surface area contributed by atoms with E-state index in [0.29, 0.717) is 5.56 Å². The van der Waals surface area contributed by atoms with Crippen molar-refractivity contribution in [3.63, 3.8) is 0 Å². The summed E-state index contributed by atoms with van der Waals surface area (Å²) < 4.78 is 26.3. The van der Waals surface area contributed by atoms with Crippen LogP contribution in [-0.2, 0) is 0 Å². The Morgan fingerprint density at radius 1 is 0.700 bits per heavy atom. The normalized spacial score (nSPS) is 10.7. The summed E-state index contributed by atoms with van der Waals surface area (Å²) in [7, 11) is 0. The molecule has 0 heterocycles. The molecule has 3 heteroatoms. The van der Waals surface area contributed by atoms with Gasteiger partial charge < -0.3 is 0 Å². The molecule has 0 unspecified atom stereocenters. The number of hydrogen-bond donors (Lipinski definition) is 0. The van der Waals surface area contributed by atoms with Gasteiger partial charge in [-0.1, -0.05) is 36.4 Å². The summed E-state index contributed by atoms with van der Waals surface area (Å²) in [5, 5.41) is 1.92. The van der Waals surface area contributed by atoms with Crippen molar-refractivity contribution in [2.45, 2.75) is 0 Å². The first-order chi connectivity index (χ1) is 9.63. The Balaban J connectivity index is 2.07. The molecule has 1 nitrogen and oxygen atoms in total. The van der Waals surface area contributed by atoms with Gasteiger partial charge in [0.05, 0.1) is 0 Å². The number of benzene rings is 3. The van der Waals surface area contributed by atoms with Crippen LogP contribution in [0.4, 0.5) is 8.78 Å². The Bertz CT molecular complexity index is 789. The molecule has 0 N–H and O–H groups in total. The molecule has 0 aliphatic rings. The molecule has 0 amide bonds. The number of halogens is 2. The van der Waals surface area contributed by atoms with E-state index < -0.39 is 17.4 Å². The summed E-state index contributed by atoms with van der Waals surface area (Å²) in [5.41, 5.74) is 0.423. The Morgan fingerprint density at radius 3 is 2.05 bits per heavy atom. The highest BCUT2D eigenvalue weighted by molar-refractivity contribution is 6.10. The van der Waals surface area contributed by atoms with Gasteiger partial charge in [0.15, 0.2) is 5.78 Å². The molecule has 98 valence electrons. The molecule has 3 aromatic rings. The third-order valence-corrected chi connectivity index (χ3v) is 3.14. The van der Waals surface area contributed by atoms with Crippen molar-refractivity contribution in [1.29, 1.82) is 0 Å². The monoisotopic (exact) mass is 268 g/mol. The van der Waals surface area contributed by atoms with Gasteiger partial charge in [-0.15, -0.1) is 0 Å². The molecule has 3 rings (SSSR count). The van der Waals surface area contributed by atoms with Crippen LogP contribution in [0, 0.1) is 11.6 Å². The molecular weight excluding hydrogens is 258 g/mol. The van der Waals surface area contributed by atoms with Crippen molar-refractivity contribution in [2.75, 3.05) is 0 Å². The van der Waals surface area contributed by atoms with Crippen molar-refractivity contribution >= 4 is 16.6 Å². The minimum Gasteiger partial charge on any atom is -0.289 e. The van der Waals surface area contributed by atoms with E-state index in [-0.39, 0.29) is 5.56 Å². The summed E-state index contributed by atoms with van der Waals surface area (Å²) in [6, 6.07) is 15.6. The predicted octanol–water partition coefficient (Wildman–Crippen LogP) is 4.35. The minimum absolute atomic E-state index is 0.0118. The first-order valence-corrected chi connectivity index (χ1v) is 6.13. The fourth-order valence-corrected chi connectivity index (χ4v) is 2.18. The summed E-state index contributed by atoms with van der Waals surface area (Å²) in [6.45, 7) is 0. The second kappa shape index (κ2) is 4.85. The molecular formula is C17H10F2O. The standard InChI is InChI=1S/C17H10F2O/c18-15-8-14(9-16(19)10-15)17(20)13-6-5-11-3-1-2-4-12(11)7-13/h1-10H. The van der Waals surface area contributed by atoms with Gasteiger partial charge >= 0.3 is 0 Å². The smallest absolute Gasteiger partial charge is 0.193 e. The Kier molecular flexibility index (Phi) is 3.03. The number of ketones is 1. The number of carbonyl (C=O) groups excluding carboxylic acids is 1. The zero-order chi connectivity index (χ0) is 14.1. The molecule has 20 heavy (non-hydrogen) atoms. The molecule has 0 atom stereocenters. The average Bonchev–Trinajstić information content (AvgIpc) is 2.45. The van der Waals surface area contributed by atoms with Crippen LogP contribution in [0.1, 0.15) is 15.9 Å². The molecule has 0 bridgehead atoms. The van der Waals surface area contributed by atoms with E-state index in [9.17, 15) is 13.6 Å². The lowest BCUT2D eigenvalue weighted by Gasteiger charge is -2.04. The third kappa shape index (κ3) is 2.30. The second-order valence-corrected chi connectivity index (χ2v) is 4.55. The summed E-state index contributed by atoms with van der Waals surface area (Å²) in [5.74, 6) is -1.91. The highest BCUT2D eigenvalue weighted by Crippen LogP contribution is 2.19. The molecule has 0 aromatic heterocycles. The van der Waals surface area contributed by atoms with Crippen LogP contribution in [-0.4, -0.2) is 5.78 Å². The van der Waals surface area contributed by atoms with E-state index in [1.807, 2.05) is 30.3 Å². The first kappa shape index (κ1) is 12.5. The van der Waals surface area contributed by atoms with Gasteiger partial charge in [-0.3, -0.25) is 4.79 Å². The average molecular weight is 268 g/mol. The zero-order valence-electron chi connectivity index (χ0n) is 10.4. The Labute approximate surface area is 114 Å². The molecule has 0 aliphatic heterocycles. The van der Waals surface area contributed by atoms with Gasteiger partial charge in [0, 0.05) is 17.2 Å². The number of carbonyl (C=O) groups is 1. The van der Waals surface area contributed by atoms with Gasteiger partial charge in [0.1, 0.15) is 11.6 Å². The summed E-state index contributed by atoms with van der Waals surface area (Å²) in [4.78, 5) is 12.3. The van der Waals surface area contributed by atoms with Crippen LogP contribution in [0.15, 0.2) is 60.7 Å². The lowest BCUT2D eigenvalue weighted by atomic mass is 10.00. The van der Waals surface area contributed by atoms with E-state index in [1.165, 1.54) is 0 Å². The van der Waals surface area contributed by atoms with Gasteiger partial charge in [-0.05, 0) is 29.0 Å². The van der Waals surface area contributed by atoms with Gasteiger partial charge in [-0.2, -0.15) is 0 Å². The largest absolute Gasteiger partial charge is 0.289 e. The lowest BCUT2D eigenvalue weighted by Crippen LogP contribution is -2.02. The molecule has 3 aromatic carbocycles. The van der Waals surface area contributed by atoms with Crippen LogP contribution in [0.5, 0.6) is 0 Å². The van der Waals surface area contributed by atoms with Gasteiger partial charge in [0.25, 0.3) is 0 Å². The van der Waals surface area contributed by atoms with Crippen molar-refractivity contribution in [3.05, 3.63) is 83.4 Å². The maximum absolute atomic E-state index is 13.2. The maximum Gasteiger partial charge on any atom is 0.193 e.